The summed E-state index contributed by atoms with van der Waals surface area (Å²) in [5.41, 5.74) is -1.35. The predicted octanol–water partition coefficient (Wildman–Crippen LogP) is 2.37. The summed E-state index contributed by atoms with van der Waals surface area (Å²) in [5, 5.41) is 4.83. The van der Waals surface area contributed by atoms with Gasteiger partial charge in [-0.05, 0) is 37.3 Å². The SMILES string of the molecule is CCNC(=O)CNC(=O)c1ccccc1NS(=O)(=O)c1cccc(C(F)(F)F)c1. The van der Waals surface area contributed by atoms with E-state index in [1.165, 1.54) is 24.3 Å². The number of anilines is 1. The van der Waals surface area contributed by atoms with Gasteiger partial charge in [0, 0.05) is 6.54 Å². The highest BCUT2D eigenvalue weighted by Crippen LogP contribution is 2.31. The van der Waals surface area contributed by atoms with Gasteiger partial charge in [0.15, 0.2) is 0 Å². The van der Waals surface area contributed by atoms with Gasteiger partial charge >= 0.3 is 6.18 Å². The molecular formula is C18H18F3N3O4S. The quantitative estimate of drug-likeness (QED) is 0.629. The van der Waals surface area contributed by atoms with Crippen molar-refractivity contribution in [2.75, 3.05) is 17.8 Å². The molecule has 0 aliphatic rings. The molecule has 0 aliphatic heterocycles. The third-order valence-electron chi connectivity index (χ3n) is 3.67. The third kappa shape index (κ3) is 5.95. The van der Waals surface area contributed by atoms with Crippen molar-refractivity contribution < 1.29 is 31.2 Å². The minimum Gasteiger partial charge on any atom is -0.355 e. The van der Waals surface area contributed by atoms with E-state index in [2.05, 4.69) is 15.4 Å². The van der Waals surface area contributed by atoms with Crippen LogP contribution in [0.3, 0.4) is 0 Å². The number of nitrogens with one attached hydrogen (secondary N) is 3. The molecule has 0 spiro atoms. The Balaban J connectivity index is 2.26. The van der Waals surface area contributed by atoms with E-state index in [9.17, 15) is 31.2 Å². The molecule has 0 aromatic heterocycles. The van der Waals surface area contributed by atoms with Gasteiger partial charge in [0.25, 0.3) is 15.9 Å². The molecule has 2 aromatic rings. The molecular weight excluding hydrogens is 411 g/mol. The molecule has 0 unspecified atom stereocenters. The number of alkyl halides is 3. The number of hydrogen-bond donors (Lipinski definition) is 3. The van der Waals surface area contributed by atoms with Crippen LogP contribution in [0.1, 0.15) is 22.8 Å². The Morgan fingerprint density at radius 1 is 1.00 bits per heavy atom. The molecule has 156 valence electrons. The smallest absolute Gasteiger partial charge is 0.355 e. The molecule has 0 atom stereocenters. The van der Waals surface area contributed by atoms with Crippen molar-refractivity contribution >= 4 is 27.5 Å². The molecule has 0 aliphatic carbocycles. The fourth-order valence-electron chi connectivity index (χ4n) is 2.33. The lowest BCUT2D eigenvalue weighted by Crippen LogP contribution is -2.37. The lowest BCUT2D eigenvalue weighted by atomic mass is 10.1. The number of rotatable bonds is 7. The summed E-state index contributed by atoms with van der Waals surface area (Å²) in [6.45, 7) is 1.76. The Morgan fingerprint density at radius 3 is 2.34 bits per heavy atom. The molecule has 11 heteroatoms. The molecule has 0 heterocycles. The molecule has 0 saturated carbocycles. The van der Waals surface area contributed by atoms with Crippen LogP contribution in [0.15, 0.2) is 53.4 Å². The second-order valence-corrected chi connectivity index (χ2v) is 7.50. The van der Waals surface area contributed by atoms with Gasteiger partial charge in [-0.2, -0.15) is 13.2 Å². The van der Waals surface area contributed by atoms with Crippen LogP contribution in [0.2, 0.25) is 0 Å². The highest BCUT2D eigenvalue weighted by molar-refractivity contribution is 7.92. The highest BCUT2D eigenvalue weighted by atomic mass is 32.2. The molecule has 3 N–H and O–H groups in total. The van der Waals surface area contributed by atoms with Crippen LogP contribution >= 0.6 is 0 Å². The average Bonchev–Trinajstić information content (AvgIpc) is 2.66. The topological polar surface area (TPSA) is 104 Å². The first-order valence-corrected chi connectivity index (χ1v) is 9.87. The van der Waals surface area contributed by atoms with E-state index in [4.69, 9.17) is 0 Å². The fraction of sp³-hybridized carbons (Fsp3) is 0.222. The second kappa shape index (κ2) is 8.95. The van der Waals surface area contributed by atoms with Crippen LogP contribution < -0.4 is 15.4 Å². The van der Waals surface area contributed by atoms with E-state index < -0.39 is 38.5 Å². The monoisotopic (exact) mass is 429 g/mol. The zero-order valence-electron chi connectivity index (χ0n) is 15.2. The van der Waals surface area contributed by atoms with Crippen molar-refractivity contribution in [3.63, 3.8) is 0 Å². The summed E-state index contributed by atoms with van der Waals surface area (Å²) < 4.78 is 65.8. The summed E-state index contributed by atoms with van der Waals surface area (Å²) in [6, 6.07) is 8.76. The van der Waals surface area contributed by atoms with Crippen molar-refractivity contribution in [3.05, 3.63) is 59.7 Å². The summed E-state index contributed by atoms with van der Waals surface area (Å²) in [6.07, 6.45) is -4.71. The van der Waals surface area contributed by atoms with Crippen molar-refractivity contribution in [2.45, 2.75) is 18.0 Å². The first kappa shape index (κ1) is 22.2. The minimum absolute atomic E-state index is 0.0904. The number of carbonyl (C=O) groups is 2. The van der Waals surface area contributed by atoms with E-state index in [1.807, 2.05) is 0 Å². The average molecular weight is 429 g/mol. The number of benzene rings is 2. The minimum atomic E-state index is -4.71. The predicted molar refractivity (Wildman–Crippen MR) is 99.7 cm³/mol. The number of hydrogen-bond acceptors (Lipinski definition) is 4. The highest BCUT2D eigenvalue weighted by Gasteiger charge is 2.31. The number of sulfonamides is 1. The van der Waals surface area contributed by atoms with E-state index >= 15 is 0 Å². The maximum Gasteiger partial charge on any atom is 0.416 e. The first-order valence-electron chi connectivity index (χ1n) is 8.38. The van der Waals surface area contributed by atoms with Crippen molar-refractivity contribution in [1.29, 1.82) is 0 Å². The van der Waals surface area contributed by atoms with Crippen LogP contribution in [0.25, 0.3) is 0 Å². The van der Waals surface area contributed by atoms with Gasteiger partial charge < -0.3 is 10.6 Å². The number of likely N-dealkylation sites (N-methyl/N-ethyl adjacent to an activating group) is 1. The number of amides is 2. The van der Waals surface area contributed by atoms with Gasteiger partial charge in [0.1, 0.15) is 0 Å². The molecule has 29 heavy (non-hydrogen) atoms. The van der Waals surface area contributed by atoms with Gasteiger partial charge in [-0.25, -0.2) is 8.42 Å². The second-order valence-electron chi connectivity index (χ2n) is 5.81. The Hall–Kier alpha value is -3.08. The van der Waals surface area contributed by atoms with Crippen LogP contribution in [-0.2, 0) is 21.0 Å². The normalized spacial score (nSPS) is 11.6. The first-order chi connectivity index (χ1) is 13.5. The molecule has 0 saturated heterocycles. The Morgan fingerprint density at radius 2 is 1.69 bits per heavy atom. The van der Waals surface area contributed by atoms with Crippen molar-refractivity contribution in [3.8, 4) is 0 Å². The van der Waals surface area contributed by atoms with E-state index in [-0.39, 0.29) is 17.8 Å². The van der Waals surface area contributed by atoms with Gasteiger partial charge in [-0.15, -0.1) is 0 Å². The Kier molecular flexibility index (Phi) is 6.85. The zero-order chi connectivity index (χ0) is 21.7. The van der Waals surface area contributed by atoms with Crippen molar-refractivity contribution in [1.82, 2.24) is 10.6 Å². The lowest BCUT2D eigenvalue weighted by Gasteiger charge is -2.14. The molecule has 2 rings (SSSR count). The van der Waals surface area contributed by atoms with E-state index in [0.29, 0.717) is 12.6 Å². The van der Waals surface area contributed by atoms with Crippen molar-refractivity contribution in [2.24, 2.45) is 0 Å². The summed E-state index contributed by atoms with van der Waals surface area (Å²) in [7, 11) is -4.40. The van der Waals surface area contributed by atoms with Crippen LogP contribution in [-0.4, -0.2) is 33.3 Å². The Bertz CT molecular complexity index is 1010. The molecule has 2 aromatic carbocycles. The van der Waals surface area contributed by atoms with Gasteiger partial charge in [-0.3, -0.25) is 14.3 Å². The molecule has 2 amide bonds. The van der Waals surface area contributed by atoms with E-state index in [0.717, 1.165) is 18.2 Å². The molecule has 0 radical (unpaired) electrons. The van der Waals surface area contributed by atoms with Crippen LogP contribution in [0.5, 0.6) is 0 Å². The Labute approximate surface area is 165 Å². The molecule has 0 fully saturated rings. The summed E-state index contributed by atoms with van der Waals surface area (Å²) in [5.74, 6) is -1.15. The summed E-state index contributed by atoms with van der Waals surface area (Å²) in [4.78, 5) is 23.2. The van der Waals surface area contributed by atoms with Gasteiger partial charge in [0.2, 0.25) is 5.91 Å². The lowest BCUT2D eigenvalue weighted by molar-refractivity contribution is -0.137. The van der Waals surface area contributed by atoms with Gasteiger partial charge in [-0.1, -0.05) is 18.2 Å². The maximum absolute atomic E-state index is 12.9. The third-order valence-corrected chi connectivity index (χ3v) is 5.03. The summed E-state index contributed by atoms with van der Waals surface area (Å²) >= 11 is 0. The van der Waals surface area contributed by atoms with E-state index in [1.54, 1.807) is 6.92 Å². The molecule has 7 nitrogen and oxygen atoms in total. The van der Waals surface area contributed by atoms with Gasteiger partial charge in [0.05, 0.1) is 28.3 Å². The number of halogens is 3. The fourth-order valence-corrected chi connectivity index (χ4v) is 3.45. The standard InChI is InChI=1S/C18H18F3N3O4S/c1-2-22-16(25)11-23-17(26)14-8-3-4-9-15(14)24-29(27,28)13-7-5-6-12(10-13)18(19,20)21/h3-10,24H,2,11H2,1H3,(H,22,25)(H,23,26). The maximum atomic E-state index is 12.9. The molecule has 0 bridgehead atoms. The number of para-hydroxylation sites is 1. The van der Waals surface area contributed by atoms with Crippen LogP contribution in [0, 0.1) is 0 Å². The zero-order valence-corrected chi connectivity index (χ0v) is 16.0. The largest absolute Gasteiger partial charge is 0.416 e. The van der Waals surface area contributed by atoms with Crippen LogP contribution in [0.4, 0.5) is 18.9 Å². The number of carbonyl (C=O) groups excluding carboxylic acids is 2.